The summed E-state index contributed by atoms with van der Waals surface area (Å²) in [6.45, 7) is 3.81. The third kappa shape index (κ3) is 10.7. The average Bonchev–Trinajstić information content (AvgIpc) is 3.74. The summed E-state index contributed by atoms with van der Waals surface area (Å²) < 4.78 is 22.6. The minimum atomic E-state index is -1.32. The number of ether oxygens (including phenoxy) is 3. The van der Waals surface area contributed by atoms with Gasteiger partial charge in [0.1, 0.15) is 11.2 Å². The van der Waals surface area contributed by atoms with Crippen LogP contribution < -0.4 is 20.9 Å². The van der Waals surface area contributed by atoms with Gasteiger partial charge < -0.3 is 49.8 Å². The van der Waals surface area contributed by atoms with Crippen LogP contribution in [0.2, 0.25) is 0 Å². The molecule has 1 atom stereocenters. The number of carboxylic acids is 2. The van der Waals surface area contributed by atoms with Gasteiger partial charge >= 0.3 is 11.9 Å². The van der Waals surface area contributed by atoms with Gasteiger partial charge in [-0.25, -0.2) is 9.59 Å². The number of hydrogen-bond acceptors (Lipinski definition) is 16. The zero-order chi connectivity index (χ0) is 46.0. The van der Waals surface area contributed by atoms with Crippen LogP contribution in [0.3, 0.4) is 0 Å². The van der Waals surface area contributed by atoms with E-state index in [2.05, 4.69) is 21.1 Å². The zero-order valence-corrected chi connectivity index (χ0v) is 34.9. The Balaban J connectivity index is 0.866. The van der Waals surface area contributed by atoms with Crippen LogP contribution in [0, 0.1) is 26.1 Å². The number of nitrogens with one attached hydrogen (secondary N) is 3. The van der Waals surface area contributed by atoms with Crippen molar-refractivity contribution in [2.75, 3.05) is 81.4 Å². The molecule has 0 saturated carbocycles. The molecule has 65 heavy (non-hydrogen) atoms. The Morgan fingerprint density at radius 3 is 2.14 bits per heavy atom. The fourth-order valence-corrected chi connectivity index (χ4v) is 7.80. The van der Waals surface area contributed by atoms with Crippen molar-refractivity contribution in [3.05, 3.63) is 109 Å². The maximum Gasteiger partial charge on any atom is 0.335 e. The van der Waals surface area contributed by atoms with E-state index in [-0.39, 0.29) is 57.0 Å². The summed E-state index contributed by atoms with van der Waals surface area (Å²) in [5.41, 5.74) is 1.59. The smallest absolute Gasteiger partial charge is 0.335 e. The number of fused-ring (bicyclic) bond motifs is 2. The highest BCUT2D eigenvalue weighted by Crippen LogP contribution is 2.47. The molecule has 1 fully saturated rings. The van der Waals surface area contributed by atoms with Gasteiger partial charge in [-0.1, -0.05) is 29.4 Å². The summed E-state index contributed by atoms with van der Waals surface area (Å²) in [5.74, 6) is -3.06. The molecule has 5 aromatic rings. The largest absolute Gasteiger partial charge is 0.478 e. The first-order valence-corrected chi connectivity index (χ1v) is 20.8. The number of nitro groups is 2. The lowest BCUT2D eigenvalue weighted by Crippen LogP contribution is -2.43. The van der Waals surface area contributed by atoms with E-state index in [1.165, 1.54) is 24.3 Å². The Hall–Kier alpha value is -7.49. The molecular weight excluding hydrogens is 851 g/mol. The molecule has 21 heteroatoms. The number of nitrogens with zero attached hydrogens (tertiary/aromatic N) is 4. The average molecular weight is 896 g/mol. The standard InChI is InChI=1S/C44H45N7O14/c52-40-31-7-1-2-8-32(31)41-38-37(40)34(47-29-21-27(43(54)55)20-28(22-29)44(56)57)24-36(39(38)48-65-41)49-13-3-6-26(25-49)42(53)46-12-5-15-63-17-19-64-18-16-62-14-4-11-45-33-10-9-30(50(58)59)23-35(33)51(60)61/h1-2,7-10,20-24,26,45,47H,3-6,11-19,25H2,(H,46,53)(H,54,55)(H,56,57)/t26-/m0/s1. The molecular formula is C44H45N7O14. The van der Waals surface area contributed by atoms with Gasteiger partial charge in [0, 0.05) is 62.3 Å². The van der Waals surface area contributed by atoms with E-state index in [9.17, 15) is 49.6 Å². The van der Waals surface area contributed by atoms with Crippen LogP contribution >= 0.6 is 0 Å². The fourth-order valence-electron chi connectivity index (χ4n) is 7.80. The van der Waals surface area contributed by atoms with Gasteiger partial charge in [0.05, 0.1) is 81.7 Å². The van der Waals surface area contributed by atoms with Gasteiger partial charge in [-0.15, -0.1) is 0 Å². The number of aromatic nitrogens is 1. The van der Waals surface area contributed by atoms with E-state index in [1.54, 1.807) is 30.3 Å². The molecule has 0 bridgehead atoms. The van der Waals surface area contributed by atoms with Gasteiger partial charge in [0.2, 0.25) is 5.91 Å². The van der Waals surface area contributed by atoms with Crippen LogP contribution in [0.4, 0.5) is 34.1 Å². The third-order valence-electron chi connectivity index (χ3n) is 10.9. The normalized spacial score (nSPS) is 14.2. The van der Waals surface area contributed by atoms with Crippen molar-refractivity contribution < 1.29 is 58.0 Å². The quantitative estimate of drug-likeness (QED) is 0.0269. The predicted molar refractivity (Wildman–Crippen MR) is 234 cm³/mol. The van der Waals surface area contributed by atoms with Crippen LogP contribution in [0.15, 0.2) is 71.3 Å². The molecule has 5 N–H and O–H groups in total. The van der Waals surface area contributed by atoms with Gasteiger partial charge in [-0.2, -0.15) is 0 Å². The number of nitro benzene ring substituents is 2. The lowest BCUT2D eigenvalue weighted by molar-refractivity contribution is -0.393. The van der Waals surface area contributed by atoms with Crippen molar-refractivity contribution >= 4 is 68.7 Å². The highest BCUT2D eigenvalue weighted by atomic mass is 16.6. The molecule has 7 rings (SSSR count). The van der Waals surface area contributed by atoms with E-state index in [0.29, 0.717) is 131 Å². The van der Waals surface area contributed by atoms with Crippen molar-refractivity contribution in [3.8, 4) is 11.3 Å². The highest BCUT2D eigenvalue weighted by molar-refractivity contribution is 6.29. The Morgan fingerprint density at radius 1 is 0.815 bits per heavy atom. The van der Waals surface area contributed by atoms with Crippen LogP contribution in [0.25, 0.3) is 22.2 Å². The maximum absolute atomic E-state index is 14.1. The second-order valence-corrected chi connectivity index (χ2v) is 15.2. The molecule has 21 nitrogen and oxygen atoms in total. The monoisotopic (exact) mass is 895 g/mol. The number of piperidine rings is 1. The molecule has 1 amide bonds. The summed E-state index contributed by atoms with van der Waals surface area (Å²) in [6.07, 6.45) is 2.44. The Labute approximate surface area is 369 Å². The SMILES string of the molecule is O=C(O)c1cc(Nc2cc(N3CCC[C@H](C(=O)NCCCOCCOCCOCCCNc4ccc([N+](=O)[O-])cc4[N+](=O)[O-])C3)c3noc4c3c2C(=O)c2ccccc2-4)cc(C(=O)O)c1. The number of ketones is 1. The van der Waals surface area contributed by atoms with E-state index >= 15 is 0 Å². The molecule has 1 aliphatic carbocycles. The summed E-state index contributed by atoms with van der Waals surface area (Å²) in [4.78, 5) is 74.2. The van der Waals surface area contributed by atoms with Gasteiger partial charge in [-0.05, 0) is 56.0 Å². The first kappa shape index (κ1) is 45.5. The molecule has 1 saturated heterocycles. The van der Waals surface area contributed by atoms with E-state index < -0.39 is 21.8 Å². The zero-order valence-electron chi connectivity index (χ0n) is 34.9. The minimum Gasteiger partial charge on any atom is -0.478 e. The molecule has 4 aromatic carbocycles. The number of carbonyl (C=O) groups is 4. The van der Waals surface area contributed by atoms with Crippen LogP contribution in [-0.2, 0) is 19.0 Å². The Bertz CT molecular complexity index is 2600. The molecule has 340 valence electrons. The van der Waals surface area contributed by atoms with Crippen LogP contribution in [-0.4, -0.2) is 115 Å². The number of carboxylic acid groups (broad SMARTS) is 2. The first-order valence-electron chi connectivity index (χ1n) is 20.8. The number of benzene rings is 4. The molecule has 2 heterocycles. The van der Waals surface area contributed by atoms with Crippen molar-refractivity contribution in [1.82, 2.24) is 10.5 Å². The van der Waals surface area contributed by atoms with Crippen molar-refractivity contribution in [2.24, 2.45) is 5.92 Å². The summed E-state index contributed by atoms with van der Waals surface area (Å²) in [5, 5.41) is 55.5. The Morgan fingerprint density at radius 2 is 1.48 bits per heavy atom. The van der Waals surface area contributed by atoms with E-state index in [4.69, 9.17) is 18.7 Å². The number of carbonyl (C=O) groups excluding carboxylic acids is 2. The molecule has 0 radical (unpaired) electrons. The molecule has 1 aromatic heterocycles. The number of rotatable bonds is 23. The molecule has 0 spiro atoms. The van der Waals surface area contributed by atoms with Crippen molar-refractivity contribution in [1.29, 1.82) is 0 Å². The van der Waals surface area contributed by atoms with E-state index in [1.807, 2.05) is 4.90 Å². The van der Waals surface area contributed by atoms with Crippen molar-refractivity contribution in [2.45, 2.75) is 25.7 Å². The second kappa shape index (κ2) is 20.8. The fraction of sp³-hybridized carbons (Fsp3) is 0.341. The number of amides is 1. The first-order chi connectivity index (χ1) is 31.4. The molecule has 2 aliphatic rings. The van der Waals surface area contributed by atoms with Crippen LogP contribution in [0.5, 0.6) is 0 Å². The lowest BCUT2D eigenvalue weighted by Gasteiger charge is -2.34. The van der Waals surface area contributed by atoms with Crippen molar-refractivity contribution in [3.63, 3.8) is 0 Å². The third-order valence-corrected chi connectivity index (χ3v) is 10.9. The number of aromatic carboxylic acids is 2. The Kier molecular flexibility index (Phi) is 14.6. The lowest BCUT2D eigenvalue weighted by atomic mass is 9.86. The van der Waals surface area contributed by atoms with Crippen LogP contribution in [0.1, 0.15) is 62.3 Å². The van der Waals surface area contributed by atoms with Gasteiger partial charge in [0.25, 0.3) is 11.4 Å². The maximum atomic E-state index is 14.1. The molecule has 1 aliphatic heterocycles. The summed E-state index contributed by atoms with van der Waals surface area (Å²) >= 11 is 0. The predicted octanol–water partition coefficient (Wildman–Crippen LogP) is 6.27. The highest BCUT2D eigenvalue weighted by Gasteiger charge is 2.35. The molecule has 0 unspecified atom stereocenters. The number of non-ortho nitro benzene ring substituents is 1. The topological polar surface area (TPSA) is 288 Å². The number of anilines is 4. The summed E-state index contributed by atoms with van der Waals surface area (Å²) in [6, 6.07) is 15.7. The second-order valence-electron chi connectivity index (χ2n) is 15.2. The van der Waals surface area contributed by atoms with E-state index in [0.717, 1.165) is 12.1 Å². The number of hydrogen-bond donors (Lipinski definition) is 5. The van der Waals surface area contributed by atoms with Gasteiger partial charge in [-0.3, -0.25) is 29.8 Å². The minimum absolute atomic E-state index is 0.120. The summed E-state index contributed by atoms with van der Waals surface area (Å²) in [7, 11) is 0. The van der Waals surface area contributed by atoms with Gasteiger partial charge in [0.15, 0.2) is 11.5 Å².